The van der Waals surface area contributed by atoms with E-state index in [1.165, 1.54) is 18.2 Å². The summed E-state index contributed by atoms with van der Waals surface area (Å²) in [6.07, 6.45) is 1.55. The van der Waals surface area contributed by atoms with Gasteiger partial charge < -0.3 is 4.74 Å². The molecule has 130 valence electrons. The van der Waals surface area contributed by atoms with Gasteiger partial charge in [0.15, 0.2) is 12.4 Å². The fourth-order valence-electron chi connectivity index (χ4n) is 2.44. The molecule has 0 fully saturated rings. The predicted octanol–water partition coefficient (Wildman–Crippen LogP) is 3.28. The fourth-order valence-corrected chi connectivity index (χ4v) is 2.44. The first-order chi connectivity index (χ1) is 12.6. The molecule has 7 heteroatoms. The first-order valence-electron chi connectivity index (χ1n) is 7.81. The zero-order valence-electron chi connectivity index (χ0n) is 13.7. The molecule has 1 N–H and O–H groups in total. The number of nitro groups is 1. The highest BCUT2D eigenvalue weighted by Gasteiger charge is 2.14. The van der Waals surface area contributed by atoms with E-state index in [4.69, 9.17) is 4.74 Å². The van der Waals surface area contributed by atoms with Crippen LogP contribution in [0.5, 0.6) is 5.75 Å². The van der Waals surface area contributed by atoms with Crippen LogP contribution in [-0.2, 0) is 4.79 Å². The van der Waals surface area contributed by atoms with Crippen LogP contribution in [0.2, 0.25) is 0 Å². The van der Waals surface area contributed by atoms with Gasteiger partial charge in [0.25, 0.3) is 5.91 Å². The van der Waals surface area contributed by atoms with Gasteiger partial charge in [0.1, 0.15) is 0 Å². The molecule has 0 aliphatic rings. The number of hydrogen-bond acceptors (Lipinski definition) is 5. The van der Waals surface area contributed by atoms with Crippen molar-refractivity contribution in [2.45, 2.75) is 0 Å². The van der Waals surface area contributed by atoms with Crippen LogP contribution in [-0.4, -0.2) is 23.7 Å². The van der Waals surface area contributed by atoms with Gasteiger partial charge in [-0.05, 0) is 16.8 Å². The maximum atomic E-state index is 11.8. The second-order valence-electron chi connectivity index (χ2n) is 5.38. The van der Waals surface area contributed by atoms with Gasteiger partial charge in [0.2, 0.25) is 0 Å². The number of benzene rings is 3. The van der Waals surface area contributed by atoms with E-state index in [1.54, 1.807) is 12.3 Å². The Morgan fingerprint density at radius 2 is 1.81 bits per heavy atom. The van der Waals surface area contributed by atoms with Crippen LogP contribution < -0.4 is 10.2 Å². The highest BCUT2D eigenvalue weighted by atomic mass is 16.6. The van der Waals surface area contributed by atoms with Crippen molar-refractivity contribution >= 4 is 28.6 Å². The molecule has 0 aliphatic heterocycles. The summed E-state index contributed by atoms with van der Waals surface area (Å²) >= 11 is 0. The Bertz CT molecular complexity index is 980. The Morgan fingerprint density at radius 3 is 2.65 bits per heavy atom. The molecule has 1 amide bonds. The standard InChI is InChI=1S/C19H15N3O4/c23-19(13-26-18-11-4-3-10-17(18)22(24)25)21-20-12-15-8-5-7-14-6-1-2-9-16(14)15/h1-12H,13H2,(H,21,23). The number of rotatable bonds is 6. The second kappa shape index (κ2) is 7.89. The lowest BCUT2D eigenvalue weighted by molar-refractivity contribution is -0.385. The molecule has 0 heterocycles. The number of carbonyl (C=O) groups excluding carboxylic acids is 1. The highest BCUT2D eigenvalue weighted by Crippen LogP contribution is 2.25. The first-order valence-corrected chi connectivity index (χ1v) is 7.81. The summed E-state index contributed by atoms with van der Waals surface area (Å²) in [6, 6.07) is 19.5. The lowest BCUT2D eigenvalue weighted by atomic mass is 10.1. The van der Waals surface area contributed by atoms with Crippen molar-refractivity contribution in [2.75, 3.05) is 6.61 Å². The van der Waals surface area contributed by atoms with Crippen molar-refractivity contribution in [1.29, 1.82) is 0 Å². The molecule has 7 nitrogen and oxygen atoms in total. The minimum Gasteiger partial charge on any atom is -0.477 e. The molecule has 3 rings (SSSR count). The van der Waals surface area contributed by atoms with Crippen LogP contribution >= 0.6 is 0 Å². The smallest absolute Gasteiger partial charge is 0.310 e. The number of nitro benzene ring substituents is 1. The Labute approximate surface area is 149 Å². The van der Waals surface area contributed by atoms with Crippen LogP contribution in [0.4, 0.5) is 5.69 Å². The molecular weight excluding hydrogens is 334 g/mol. The molecular formula is C19H15N3O4. The summed E-state index contributed by atoms with van der Waals surface area (Å²) < 4.78 is 5.21. The predicted molar refractivity (Wildman–Crippen MR) is 98.3 cm³/mol. The Morgan fingerprint density at radius 1 is 1.08 bits per heavy atom. The van der Waals surface area contributed by atoms with E-state index in [2.05, 4.69) is 10.5 Å². The van der Waals surface area contributed by atoms with Crippen molar-refractivity contribution in [3.63, 3.8) is 0 Å². The first kappa shape index (κ1) is 17.1. The summed E-state index contributed by atoms with van der Waals surface area (Å²) in [6.45, 7) is -0.377. The Hall–Kier alpha value is -3.74. The van der Waals surface area contributed by atoms with Crippen molar-refractivity contribution in [3.8, 4) is 5.75 Å². The Balaban J connectivity index is 1.61. The highest BCUT2D eigenvalue weighted by molar-refractivity contribution is 5.99. The van der Waals surface area contributed by atoms with Gasteiger partial charge in [-0.25, -0.2) is 5.43 Å². The number of hydrazone groups is 1. The molecule has 0 aliphatic carbocycles. The number of para-hydroxylation sites is 2. The molecule has 0 atom stereocenters. The third-order valence-electron chi connectivity index (χ3n) is 3.64. The normalized spacial score (nSPS) is 10.8. The molecule has 0 bridgehead atoms. The van der Waals surface area contributed by atoms with E-state index < -0.39 is 10.8 Å². The zero-order valence-corrected chi connectivity index (χ0v) is 13.7. The average molecular weight is 349 g/mol. The number of hydrogen-bond donors (Lipinski definition) is 1. The monoisotopic (exact) mass is 349 g/mol. The Kier molecular flexibility index (Phi) is 5.19. The maximum Gasteiger partial charge on any atom is 0.310 e. The maximum absolute atomic E-state index is 11.8. The number of fused-ring (bicyclic) bond motifs is 1. The topological polar surface area (TPSA) is 93.8 Å². The van der Waals surface area contributed by atoms with Gasteiger partial charge in [-0.3, -0.25) is 14.9 Å². The van der Waals surface area contributed by atoms with E-state index in [0.29, 0.717) is 0 Å². The molecule has 0 saturated heterocycles. The lowest BCUT2D eigenvalue weighted by Gasteiger charge is -2.05. The molecule has 3 aromatic rings. The summed E-state index contributed by atoms with van der Waals surface area (Å²) in [7, 11) is 0. The quantitative estimate of drug-likeness (QED) is 0.420. The second-order valence-corrected chi connectivity index (χ2v) is 5.38. The van der Waals surface area contributed by atoms with Gasteiger partial charge in [-0.15, -0.1) is 0 Å². The molecule has 0 unspecified atom stereocenters. The molecule has 3 aromatic carbocycles. The van der Waals surface area contributed by atoms with Crippen LogP contribution in [0.15, 0.2) is 71.8 Å². The lowest BCUT2D eigenvalue weighted by Crippen LogP contribution is -2.24. The minimum absolute atomic E-state index is 0.0330. The van der Waals surface area contributed by atoms with E-state index in [-0.39, 0.29) is 18.0 Å². The van der Waals surface area contributed by atoms with Gasteiger partial charge in [0, 0.05) is 11.6 Å². The number of amides is 1. The van der Waals surface area contributed by atoms with Gasteiger partial charge >= 0.3 is 5.69 Å². The van der Waals surface area contributed by atoms with E-state index in [0.717, 1.165) is 16.3 Å². The third-order valence-corrected chi connectivity index (χ3v) is 3.64. The molecule has 0 aromatic heterocycles. The summed E-state index contributed by atoms with van der Waals surface area (Å²) in [5.74, 6) is -0.481. The van der Waals surface area contributed by atoms with Gasteiger partial charge in [-0.1, -0.05) is 54.6 Å². The van der Waals surface area contributed by atoms with Gasteiger partial charge in [-0.2, -0.15) is 5.10 Å². The number of carbonyl (C=O) groups is 1. The SMILES string of the molecule is O=C(COc1ccccc1[N+](=O)[O-])NN=Cc1cccc2ccccc12. The van der Waals surface area contributed by atoms with Crippen molar-refractivity contribution in [1.82, 2.24) is 5.43 Å². The molecule has 0 spiro atoms. The summed E-state index contributed by atoms with van der Waals surface area (Å²) in [4.78, 5) is 22.2. The number of ether oxygens (including phenoxy) is 1. The van der Waals surface area contributed by atoms with Crippen LogP contribution in [0, 0.1) is 10.1 Å². The van der Waals surface area contributed by atoms with Crippen LogP contribution in [0.25, 0.3) is 10.8 Å². The molecule has 26 heavy (non-hydrogen) atoms. The molecule has 0 radical (unpaired) electrons. The zero-order chi connectivity index (χ0) is 18.4. The minimum atomic E-state index is -0.564. The van der Waals surface area contributed by atoms with E-state index >= 15 is 0 Å². The number of nitrogens with one attached hydrogen (secondary N) is 1. The largest absolute Gasteiger partial charge is 0.477 e. The number of nitrogens with zero attached hydrogens (tertiary/aromatic N) is 2. The van der Waals surface area contributed by atoms with Crippen molar-refractivity contribution in [2.24, 2.45) is 5.10 Å². The fraction of sp³-hybridized carbons (Fsp3) is 0.0526. The van der Waals surface area contributed by atoms with E-state index in [9.17, 15) is 14.9 Å². The average Bonchev–Trinajstić information content (AvgIpc) is 2.66. The van der Waals surface area contributed by atoms with Crippen LogP contribution in [0.3, 0.4) is 0 Å². The van der Waals surface area contributed by atoms with Crippen molar-refractivity contribution in [3.05, 3.63) is 82.4 Å². The summed E-state index contributed by atoms with van der Waals surface area (Å²) in [5.41, 5.74) is 3.02. The third kappa shape index (κ3) is 4.02. The van der Waals surface area contributed by atoms with E-state index in [1.807, 2.05) is 42.5 Å². The van der Waals surface area contributed by atoms with Gasteiger partial charge in [0.05, 0.1) is 11.1 Å². The van der Waals surface area contributed by atoms with Crippen molar-refractivity contribution < 1.29 is 14.5 Å². The van der Waals surface area contributed by atoms with Crippen LogP contribution in [0.1, 0.15) is 5.56 Å². The molecule has 0 saturated carbocycles. The summed E-state index contributed by atoms with van der Waals surface area (Å²) in [5, 5.41) is 16.9.